The number of para-hydroxylation sites is 1. The molecular formula is C17H15NO2S. The van der Waals surface area contributed by atoms with Gasteiger partial charge in [0.1, 0.15) is 0 Å². The summed E-state index contributed by atoms with van der Waals surface area (Å²) >= 11 is 0. The van der Waals surface area contributed by atoms with Gasteiger partial charge in [0.2, 0.25) is 0 Å². The van der Waals surface area contributed by atoms with E-state index in [0.29, 0.717) is 10.6 Å². The molecule has 0 aromatic heterocycles. The third kappa shape index (κ3) is 2.62. The maximum Gasteiger partial charge on any atom is 0.262 e. The standard InChI is InChI=1S/C17H15NO2S/c1-13-11-12-17(16-10-6-5-9-15(13)16)21(19,20)18-14-7-3-2-4-8-14/h2-12,18H,1H3. The first-order valence-corrected chi connectivity index (χ1v) is 8.12. The molecule has 0 heterocycles. The predicted octanol–water partition coefficient (Wildman–Crippen LogP) is 3.95. The Kier molecular flexibility index (Phi) is 3.39. The van der Waals surface area contributed by atoms with Gasteiger partial charge < -0.3 is 0 Å². The molecule has 0 atom stereocenters. The zero-order valence-corrected chi connectivity index (χ0v) is 12.4. The van der Waals surface area contributed by atoms with Gasteiger partial charge in [0.05, 0.1) is 4.90 Å². The largest absolute Gasteiger partial charge is 0.280 e. The SMILES string of the molecule is Cc1ccc(S(=O)(=O)Nc2ccccc2)c2ccccc12. The summed E-state index contributed by atoms with van der Waals surface area (Å²) in [6.45, 7) is 1.98. The zero-order chi connectivity index (χ0) is 14.9. The highest BCUT2D eigenvalue weighted by molar-refractivity contribution is 7.93. The number of aryl methyl sites for hydroxylation is 1. The van der Waals surface area contributed by atoms with E-state index < -0.39 is 10.0 Å². The van der Waals surface area contributed by atoms with Gasteiger partial charge in [0.15, 0.2) is 0 Å². The van der Waals surface area contributed by atoms with E-state index in [0.717, 1.165) is 16.3 Å². The van der Waals surface area contributed by atoms with E-state index in [9.17, 15) is 8.42 Å². The van der Waals surface area contributed by atoms with Gasteiger partial charge in [-0.05, 0) is 36.1 Å². The normalized spacial score (nSPS) is 11.5. The van der Waals surface area contributed by atoms with E-state index in [1.165, 1.54) is 0 Å². The van der Waals surface area contributed by atoms with Gasteiger partial charge in [-0.15, -0.1) is 0 Å². The van der Waals surface area contributed by atoms with Crippen molar-refractivity contribution < 1.29 is 8.42 Å². The third-order valence-corrected chi connectivity index (χ3v) is 4.86. The van der Waals surface area contributed by atoms with E-state index in [-0.39, 0.29) is 0 Å². The summed E-state index contributed by atoms with van der Waals surface area (Å²) in [6.07, 6.45) is 0. The summed E-state index contributed by atoms with van der Waals surface area (Å²) in [5, 5.41) is 1.69. The maximum atomic E-state index is 12.6. The van der Waals surface area contributed by atoms with E-state index in [1.54, 1.807) is 30.3 Å². The molecule has 0 spiro atoms. The van der Waals surface area contributed by atoms with Gasteiger partial charge in [0.25, 0.3) is 10.0 Å². The Balaban J connectivity index is 2.14. The number of hydrogen-bond acceptors (Lipinski definition) is 2. The number of fused-ring (bicyclic) bond motifs is 1. The molecule has 3 rings (SSSR count). The Bertz CT molecular complexity index is 887. The molecule has 0 fully saturated rings. The molecule has 0 aliphatic heterocycles. The molecule has 21 heavy (non-hydrogen) atoms. The van der Waals surface area contributed by atoms with Gasteiger partial charge in [0, 0.05) is 11.1 Å². The van der Waals surface area contributed by atoms with Gasteiger partial charge in [-0.1, -0.05) is 48.5 Å². The van der Waals surface area contributed by atoms with Crippen LogP contribution in [0.4, 0.5) is 5.69 Å². The molecule has 0 radical (unpaired) electrons. The van der Waals surface area contributed by atoms with Crippen molar-refractivity contribution in [3.05, 3.63) is 72.3 Å². The van der Waals surface area contributed by atoms with Crippen molar-refractivity contribution in [1.82, 2.24) is 0 Å². The highest BCUT2D eigenvalue weighted by Crippen LogP contribution is 2.27. The summed E-state index contributed by atoms with van der Waals surface area (Å²) in [5.74, 6) is 0. The molecule has 1 N–H and O–H groups in total. The average molecular weight is 297 g/mol. The van der Waals surface area contributed by atoms with Crippen molar-refractivity contribution >= 4 is 26.5 Å². The van der Waals surface area contributed by atoms with Crippen molar-refractivity contribution in [3.8, 4) is 0 Å². The lowest BCUT2D eigenvalue weighted by Crippen LogP contribution is -2.13. The summed E-state index contributed by atoms with van der Waals surface area (Å²) < 4.78 is 27.8. The van der Waals surface area contributed by atoms with Crippen molar-refractivity contribution in [2.45, 2.75) is 11.8 Å². The van der Waals surface area contributed by atoms with Crippen LogP contribution in [0.1, 0.15) is 5.56 Å². The summed E-state index contributed by atoms with van der Waals surface area (Å²) in [5.41, 5.74) is 1.62. The molecule has 0 amide bonds. The van der Waals surface area contributed by atoms with Crippen LogP contribution in [0.3, 0.4) is 0 Å². The minimum Gasteiger partial charge on any atom is -0.280 e. The number of hydrogen-bond donors (Lipinski definition) is 1. The Morgan fingerprint density at radius 1 is 0.762 bits per heavy atom. The molecule has 3 nitrogen and oxygen atoms in total. The number of rotatable bonds is 3. The summed E-state index contributed by atoms with van der Waals surface area (Å²) in [7, 11) is -3.61. The van der Waals surface area contributed by atoms with Crippen molar-refractivity contribution in [2.24, 2.45) is 0 Å². The van der Waals surface area contributed by atoms with Crippen molar-refractivity contribution in [1.29, 1.82) is 0 Å². The lowest BCUT2D eigenvalue weighted by molar-refractivity contribution is 0.602. The Hall–Kier alpha value is -2.33. The second-order valence-corrected chi connectivity index (χ2v) is 6.55. The van der Waals surface area contributed by atoms with Crippen LogP contribution in [0.5, 0.6) is 0 Å². The summed E-state index contributed by atoms with van der Waals surface area (Å²) in [4.78, 5) is 0.299. The fourth-order valence-electron chi connectivity index (χ4n) is 2.37. The number of anilines is 1. The second-order valence-electron chi connectivity index (χ2n) is 4.90. The first-order valence-electron chi connectivity index (χ1n) is 6.64. The highest BCUT2D eigenvalue weighted by atomic mass is 32.2. The van der Waals surface area contributed by atoms with Crippen LogP contribution in [0, 0.1) is 6.92 Å². The molecule has 0 unspecified atom stereocenters. The lowest BCUT2D eigenvalue weighted by atomic mass is 10.1. The van der Waals surface area contributed by atoms with Crippen LogP contribution in [0.15, 0.2) is 71.6 Å². The molecule has 4 heteroatoms. The molecular weight excluding hydrogens is 282 g/mol. The first kappa shape index (κ1) is 13.6. The van der Waals surface area contributed by atoms with Crippen LogP contribution in [0.2, 0.25) is 0 Å². The van der Waals surface area contributed by atoms with Crippen LogP contribution >= 0.6 is 0 Å². The van der Waals surface area contributed by atoms with Crippen molar-refractivity contribution in [3.63, 3.8) is 0 Å². The van der Waals surface area contributed by atoms with E-state index in [4.69, 9.17) is 0 Å². The Labute approximate surface area is 124 Å². The Morgan fingerprint density at radius 3 is 2.10 bits per heavy atom. The van der Waals surface area contributed by atoms with Crippen LogP contribution < -0.4 is 4.72 Å². The zero-order valence-electron chi connectivity index (χ0n) is 11.6. The van der Waals surface area contributed by atoms with Crippen molar-refractivity contribution in [2.75, 3.05) is 4.72 Å². The smallest absolute Gasteiger partial charge is 0.262 e. The molecule has 0 aliphatic rings. The Morgan fingerprint density at radius 2 is 1.38 bits per heavy atom. The topological polar surface area (TPSA) is 46.2 Å². The maximum absolute atomic E-state index is 12.6. The van der Waals surface area contributed by atoms with E-state index >= 15 is 0 Å². The minimum atomic E-state index is -3.61. The van der Waals surface area contributed by atoms with Crippen LogP contribution in [-0.4, -0.2) is 8.42 Å². The van der Waals surface area contributed by atoms with Gasteiger partial charge in [-0.2, -0.15) is 0 Å². The molecule has 0 saturated heterocycles. The fraction of sp³-hybridized carbons (Fsp3) is 0.0588. The van der Waals surface area contributed by atoms with E-state index in [2.05, 4.69) is 4.72 Å². The molecule has 0 aliphatic carbocycles. The quantitative estimate of drug-likeness (QED) is 0.795. The van der Waals surface area contributed by atoms with Gasteiger partial charge in [-0.3, -0.25) is 4.72 Å². The van der Waals surface area contributed by atoms with Gasteiger partial charge >= 0.3 is 0 Å². The fourth-order valence-corrected chi connectivity index (χ4v) is 3.64. The predicted molar refractivity (Wildman–Crippen MR) is 85.9 cm³/mol. The number of sulfonamides is 1. The average Bonchev–Trinajstić information content (AvgIpc) is 2.48. The lowest BCUT2D eigenvalue weighted by Gasteiger charge is -2.11. The molecule has 0 saturated carbocycles. The molecule has 3 aromatic carbocycles. The molecule has 106 valence electrons. The summed E-state index contributed by atoms with van der Waals surface area (Å²) in [6, 6.07) is 19.9. The second kappa shape index (κ2) is 5.22. The number of benzene rings is 3. The van der Waals surface area contributed by atoms with Crippen LogP contribution in [-0.2, 0) is 10.0 Å². The van der Waals surface area contributed by atoms with Crippen LogP contribution in [0.25, 0.3) is 10.8 Å². The number of nitrogens with one attached hydrogen (secondary N) is 1. The third-order valence-electron chi connectivity index (χ3n) is 3.42. The first-order chi connectivity index (χ1) is 10.1. The van der Waals surface area contributed by atoms with E-state index in [1.807, 2.05) is 43.3 Å². The highest BCUT2D eigenvalue weighted by Gasteiger charge is 2.17. The van der Waals surface area contributed by atoms with Gasteiger partial charge in [-0.25, -0.2) is 8.42 Å². The molecule has 3 aromatic rings. The molecule has 0 bridgehead atoms. The monoisotopic (exact) mass is 297 g/mol. The minimum absolute atomic E-state index is 0.299.